The van der Waals surface area contributed by atoms with Crippen LogP contribution in [0.1, 0.15) is 12.0 Å². The Bertz CT molecular complexity index is 574. The Kier molecular flexibility index (Phi) is 6.03. The van der Waals surface area contributed by atoms with E-state index in [4.69, 9.17) is 5.11 Å². The average Bonchev–Trinajstić information content (AvgIpc) is 2.38. The molecule has 6 nitrogen and oxygen atoms in total. The average molecular weight is 323 g/mol. The van der Waals surface area contributed by atoms with Gasteiger partial charge in [0.2, 0.25) is 10.0 Å². The lowest BCUT2D eigenvalue weighted by Gasteiger charge is -2.17. The highest BCUT2D eigenvalue weighted by Crippen LogP contribution is 2.16. The van der Waals surface area contributed by atoms with Gasteiger partial charge < -0.3 is 9.84 Å². The van der Waals surface area contributed by atoms with E-state index in [1.165, 1.54) is 31.3 Å². The van der Waals surface area contributed by atoms with Gasteiger partial charge in [-0.05, 0) is 17.7 Å². The van der Waals surface area contributed by atoms with E-state index in [9.17, 15) is 22.0 Å². The molecule has 0 aliphatic heterocycles. The summed E-state index contributed by atoms with van der Waals surface area (Å²) >= 11 is 0. The number of aliphatic carboxylic acids is 1. The van der Waals surface area contributed by atoms with Gasteiger partial charge in [-0.1, -0.05) is 12.1 Å². The molecule has 0 spiro atoms. The van der Waals surface area contributed by atoms with Gasteiger partial charge in [0, 0.05) is 13.6 Å². The Morgan fingerprint density at radius 2 is 1.90 bits per heavy atom. The van der Waals surface area contributed by atoms with Crippen molar-refractivity contribution in [3.63, 3.8) is 0 Å². The van der Waals surface area contributed by atoms with Crippen LogP contribution in [0.25, 0.3) is 0 Å². The predicted molar refractivity (Wildman–Crippen MR) is 70.6 cm³/mol. The molecule has 1 aromatic carbocycles. The summed E-state index contributed by atoms with van der Waals surface area (Å²) in [6, 6.07) is 5.53. The highest BCUT2D eigenvalue weighted by atomic mass is 32.2. The summed E-state index contributed by atoms with van der Waals surface area (Å²) in [5, 5.41) is 8.49. The number of nitrogens with zero attached hydrogens (tertiary/aromatic N) is 1. The van der Waals surface area contributed by atoms with Crippen molar-refractivity contribution in [3.8, 4) is 5.75 Å². The molecule has 0 aliphatic rings. The first kappa shape index (κ1) is 17.3. The summed E-state index contributed by atoms with van der Waals surface area (Å²) in [5.74, 6) is -1.71. The lowest BCUT2D eigenvalue weighted by atomic mass is 10.2. The van der Waals surface area contributed by atoms with E-state index in [0.717, 1.165) is 4.31 Å². The quantitative estimate of drug-likeness (QED) is 0.784. The molecular weight excluding hydrogens is 308 g/mol. The SMILES string of the molecule is CN(Cc1ccc(OC(F)F)cc1)S(=O)(=O)CCC(=O)O. The van der Waals surface area contributed by atoms with Gasteiger partial charge in [-0.15, -0.1) is 0 Å². The molecule has 0 bridgehead atoms. The lowest BCUT2D eigenvalue weighted by Crippen LogP contribution is -2.29. The summed E-state index contributed by atoms with van der Waals surface area (Å²) < 4.78 is 52.7. The van der Waals surface area contributed by atoms with Gasteiger partial charge in [-0.2, -0.15) is 8.78 Å². The molecule has 0 atom stereocenters. The van der Waals surface area contributed by atoms with Crippen molar-refractivity contribution in [3.05, 3.63) is 29.8 Å². The van der Waals surface area contributed by atoms with E-state index in [2.05, 4.69) is 4.74 Å². The molecule has 0 fully saturated rings. The third kappa shape index (κ3) is 6.05. The van der Waals surface area contributed by atoms with Crippen molar-refractivity contribution in [1.29, 1.82) is 0 Å². The van der Waals surface area contributed by atoms with Crippen LogP contribution in [0.4, 0.5) is 8.78 Å². The normalized spacial score (nSPS) is 11.9. The van der Waals surface area contributed by atoms with Crippen LogP contribution < -0.4 is 4.74 Å². The second kappa shape index (κ2) is 7.32. The molecule has 0 heterocycles. The Labute approximate surface area is 121 Å². The van der Waals surface area contributed by atoms with Crippen molar-refractivity contribution in [2.75, 3.05) is 12.8 Å². The van der Waals surface area contributed by atoms with Gasteiger partial charge in [0.05, 0.1) is 12.2 Å². The highest BCUT2D eigenvalue weighted by molar-refractivity contribution is 7.89. The van der Waals surface area contributed by atoms with Crippen molar-refractivity contribution in [2.24, 2.45) is 0 Å². The number of ether oxygens (including phenoxy) is 1. The standard InChI is InChI=1S/C12H15F2NO5S/c1-15(21(18,19)7-6-11(16)17)8-9-2-4-10(5-3-9)20-12(13)14/h2-5,12H,6-8H2,1H3,(H,16,17). The topological polar surface area (TPSA) is 83.9 Å². The van der Waals surface area contributed by atoms with Crippen LogP contribution in [-0.2, 0) is 21.4 Å². The molecule has 0 radical (unpaired) electrons. The minimum Gasteiger partial charge on any atom is -0.481 e. The summed E-state index contributed by atoms with van der Waals surface area (Å²) in [5.41, 5.74) is 0.568. The summed E-state index contributed by atoms with van der Waals surface area (Å²) in [6.07, 6.45) is -0.478. The van der Waals surface area contributed by atoms with E-state index in [1.807, 2.05) is 0 Å². The number of carboxylic acids is 1. The van der Waals surface area contributed by atoms with Crippen LogP contribution in [0.3, 0.4) is 0 Å². The monoisotopic (exact) mass is 323 g/mol. The van der Waals surface area contributed by atoms with Crippen LogP contribution in [0.5, 0.6) is 5.75 Å². The number of hydrogen-bond acceptors (Lipinski definition) is 4. The minimum absolute atomic E-state index is 0.0108. The maximum Gasteiger partial charge on any atom is 0.387 e. The van der Waals surface area contributed by atoms with E-state index in [1.54, 1.807) is 0 Å². The number of halogens is 2. The van der Waals surface area contributed by atoms with Gasteiger partial charge in [0.15, 0.2) is 0 Å². The first-order valence-electron chi connectivity index (χ1n) is 5.90. The van der Waals surface area contributed by atoms with Crippen LogP contribution in [-0.4, -0.2) is 43.2 Å². The number of hydrogen-bond donors (Lipinski definition) is 1. The molecule has 0 saturated carbocycles. The van der Waals surface area contributed by atoms with Crippen molar-refractivity contribution in [1.82, 2.24) is 4.31 Å². The number of rotatable bonds is 8. The highest BCUT2D eigenvalue weighted by Gasteiger charge is 2.19. The second-order valence-electron chi connectivity index (χ2n) is 4.24. The maximum atomic E-state index is 12.0. The van der Waals surface area contributed by atoms with Crippen LogP contribution in [0, 0.1) is 0 Å². The number of carboxylic acid groups (broad SMARTS) is 1. The Hall–Kier alpha value is -1.74. The van der Waals surface area contributed by atoms with Gasteiger partial charge in [0.1, 0.15) is 5.75 Å². The van der Waals surface area contributed by atoms with E-state index in [-0.39, 0.29) is 12.3 Å². The molecule has 0 unspecified atom stereocenters. The van der Waals surface area contributed by atoms with Crippen LogP contribution in [0.15, 0.2) is 24.3 Å². The zero-order valence-corrected chi connectivity index (χ0v) is 12.0. The molecule has 9 heteroatoms. The Balaban J connectivity index is 2.65. The first-order valence-corrected chi connectivity index (χ1v) is 7.51. The number of sulfonamides is 1. The third-order valence-electron chi connectivity index (χ3n) is 2.60. The lowest BCUT2D eigenvalue weighted by molar-refractivity contribution is -0.136. The van der Waals surface area contributed by atoms with E-state index in [0.29, 0.717) is 5.56 Å². The number of alkyl halides is 2. The second-order valence-corrected chi connectivity index (χ2v) is 6.43. The molecule has 118 valence electrons. The van der Waals surface area contributed by atoms with Crippen LogP contribution in [0.2, 0.25) is 0 Å². The largest absolute Gasteiger partial charge is 0.481 e. The Morgan fingerprint density at radius 3 is 2.38 bits per heavy atom. The fraction of sp³-hybridized carbons (Fsp3) is 0.417. The molecule has 0 aliphatic carbocycles. The van der Waals surface area contributed by atoms with E-state index >= 15 is 0 Å². The van der Waals surface area contributed by atoms with Gasteiger partial charge >= 0.3 is 12.6 Å². The van der Waals surface area contributed by atoms with Crippen molar-refractivity contribution in [2.45, 2.75) is 19.6 Å². The Morgan fingerprint density at radius 1 is 1.33 bits per heavy atom. The molecule has 0 aromatic heterocycles. The van der Waals surface area contributed by atoms with Crippen molar-refractivity contribution >= 4 is 16.0 Å². The van der Waals surface area contributed by atoms with E-state index < -0.39 is 34.8 Å². The molecule has 21 heavy (non-hydrogen) atoms. The molecule has 0 amide bonds. The predicted octanol–water partition coefficient (Wildman–Crippen LogP) is 1.52. The molecule has 0 saturated heterocycles. The maximum absolute atomic E-state index is 12.0. The summed E-state index contributed by atoms with van der Waals surface area (Å²) in [4.78, 5) is 10.4. The van der Waals surface area contributed by atoms with Gasteiger partial charge in [-0.25, -0.2) is 12.7 Å². The first-order chi connectivity index (χ1) is 9.70. The molecule has 1 rings (SSSR count). The molecular formula is C12H15F2NO5S. The van der Waals surface area contributed by atoms with Crippen molar-refractivity contribution < 1.29 is 31.8 Å². The zero-order chi connectivity index (χ0) is 16.0. The molecule has 1 N–H and O–H groups in total. The fourth-order valence-corrected chi connectivity index (χ4v) is 2.59. The summed E-state index contributed by atoms with van der Waals surface area (Å²) in [7, 11) is -2.36. The van der Waals surface area contributed by atoms with Crippen LogP contribution >= 0.6 is 0 Å². The number of benzene rings is 1. The minimum atomic E-state index is -3.68. The van der Waals surface area contributed by atoms with Gasteiger partial charge in [0.25, 0.3) is 0 Å². The summed E-state index contributed by atoms with van der Waals surface area (Å²) in [6.45, 7) is -2.91. The zero-order valence-electron chi connectivity index (χ0n) is 11.2. The smallest absolute Gasteiger partial charge is 0.387 e. The fourth-order valence-electron chi connectivity index (χ4n) is 1.50. The van der Waals surface area contributed by atoms with Gasteiger partial charge in [-0.3, -0.25) is 4.79 Å². The third-order valence-corrected chi connectivity index (χ3v) is 4.40. The number of carbonyl (C=O) groups is 1. The molecule has 1 aromatic rings.